The van der Waals surface area contributed by atoms with Crippen molar-refractivity contribution in [1.82, 2.24) is 0 Å². The minimum absolute atomic E-state index is 0.872. The predicted octanol–water partition coefficient (Wildman–Crippen LogP) is 15.6. The van der Waals surface area contributed by atoms with Crippen LogP contribution in [-0.2, 0) is 0 Å². The molecule has 0 atom stereocenters. The van der Waals surface area contributed by atoms with E-state index in [2.05, 4.69) is 205 Å². The molecule has 0 radical (unpaired) electrons. The summed E-state index contributed by atoms with van der Waals surface area (Å²) in [5.41, 5.74) is 12.1. The highest BCUT2D eigenvalue weighted by molar-refractivity contribution is 7.26. The van der Waals surface area contributed by atoms with Gasteiger partial charge in [-0.1, -0.05) is 152 Å². The molecule has 0 saturated carbocycles. The number of nitrogens with zero attached hydrogens (tertiary/aromatic N) is 1. The number of anilines is 3. The van der Waals surface area contributed by atoms with Crippen molar-refractivity contribution in [2.45, 2.75) is 0 Å². The Morgan fingerprint density at radius 3 is 1.60 bits per heavy atom. The summed E-state index contributed by atoms with van der Waals surface area (Å²) in [7, 11) is 0. The van der Waals surface area contributed by atoms with Crippen LogP contribution in [0.25, 0.3) is 86.3 Å². The van der Waals surface area contributed by atoms with E-state index in [0.717, 1.165) is 39.0 Å². The van der Waals surface area contributed by atoms with Gasteiger partial charge in [0.2, 0.25) is 0 Å². The maximum absolute atomic E-state index is 7.11. The van der Waals surface area contributed by atoms with Gasteiger partial charge in [-0.25, -0.2) is 0 Å². The van der Waals surface area contributed by atoms with Crippen LogP contribution >= 0.6 is 11.3 Å². The first-order valence-electron chi connectivity index (χ1n) is 18.7. The Kier molecular flexibility index (Phi) is 7.39. The highest BCUT2D eigenvalue weighted by atomic mass is 32.1. The van der Waals surface area contributed by atoms with Crippen molar-refractivity contribution in [3.8, 4) is 33.4 Å². The molecule has 0 aliphatic rings. The maximum Gasteiger partial charge on any atom is 0.159 e. The molecule has 2 heterocycles. The van der Waals surface area contributed by atoms with E-state index < -0.39 is 0 Å². The first-order chi connectivity index (χ1) is 27.3. The Bertz CT molecular complexity index is 3180. The van der Waals surface area contributed by atoms with Gasteiger partial charge in [0.15, 0.2) is 5.58 Å². The first kappa shape index (κ1) is 31.6. The Morgan fingerprint density at radius 2 is 0.891 bits per heavy atom. The highest BCUT2D eigenvalue weighted by Crippen LogP contribution is 2.47. The lowest BCUT2D eigenvalue weighted by Crippen LogP contribution is -2.10. The topological polar surface area (TPSA) is 16.4 Å². The van der Waals surface area contributed by atoms with E-state index >= 15 is 0 Å². The summed E-state index contributed by atoms with van der Waals surface area (Å²) < 4.78 is 9.64. The molecule has 0 unspecified atom stereocenters. The van der Waals surface area contributed by atoms with E-state index in [4.69, 9.17) is 4.42 Å². The van der Waals surface area contributed by atoms with Crippen LogP contribution in [0, 0.1) is 0 Å². The van der Waals surface area contributed by atoms with Crippen LogP contribution in [0.15, 0.2) is 205 Å². The molecule has 0 spiro atoms. The number of hydrogen-bond acceptors (Lipinski definition) is 3. The average Bonchev–Trinajstić information content (AvgIpc) is 3.84. The fourth-order valence-corrected chi connectivity index (χ4v) is 9.41. The van der Waals surface area contributed by atoms with Gasteiger partial charge >= 0.3 is 0 Å². The lowest BCUT2D eigenvalue weighted by molar-refractivity contribution is 0.673. The number of fused-ring (bicyclic) bond motifs is 9. The number of rotatable bonds is 6. The molecule has 0 aliphatic heterocycles. The van der Waals surface area contributed by atoms with E-state index in [-0.39, 0.29) is 0 Å². The van der Waals surface area contributed by atoms with Gasteiger partial charge in [0.25, 0.3) is 0 Å². The van der Waals surface area contributed by atoms with Crippen molar-refractivity contribution < 1.29 is 4.42 Å². The average molecular weight is 720 g/mol. The van der Waals surface area contributed by atoms with Crippen molar-refractivity contribution in [3.63, 3.8) is 0 Å². The molecule has 55 heavy (non-hydrogen) atoms. The van der Waals surface area contributed by atoms with E-state index in [9.17, 15) is 0 Å². The van der Waals surface area contributed by atoms with Crippen molar-refractivity contribution in [2.75, 3.05) is 4.90 Å². The molecule has 0 bridgehead atoms. The van der Waals surface area contributed by atoms with Crippen LogP contribution in [0.1, 0.15) is 0 Å². The third kappa shape index (κ3) is 5.32. The van der Waals surface area contributed by atoms with Crippen LogP contribution < -0.4 is 4.90 Å². The third-order valence-electron chi connectivity index (χ3n) is 10.9. The quantitative estimate of drug-likeness (QED) is 0.170. The minimum atomic E-state index is 0.872. The van der Waals surface area contributed by atoms with Crippen molar-refractivity contribution >= 4 is 81.3 Å². The molecular weight excluding hydrogens is 687 g/mol. The smallest absolute Gasteiger partial charge is 0.159 e. The third-order valence-corrected chi connectivity index (χ3v) is 12.1. The van der Waals surface area contributed by atoms with E-state index in [0.29, 0.717) is 0 Å². The highest BCUT2D eigenvalue weighted by Gasteiger charge is 2.22. The minimum Gasteiger partial charge on any atom is -0.453 e. The molecule has 0 N–H and O–H groups in total. The Morgan fingerprint density at radius 1 is 0.364 bits per heavy atom. The molecule has 0 aliphatic carbocycles. The SMILES string of the molecule is c1ccc(-c2ccc(N(c3ccc(-c4cccc(-c5ccccc5)c4)cc3)c3cccc4c3oc3c4ccc4sc5c6ccccc6ccc5c43)cc2)cc1. The van der Waals surface area contributed by atoms with E-state index in [1.165, 1.54) is 64.3 Å². The Balaban J connectivity index is 1.08. The van der Waals surface area contributed by atoms with Crippen molar-refractivity contribution in [3.05, 3.63) is 200 Å². The summed E-state index contributed by atoms with van der Waals surface area (Å²) in [4.78, 5) is 2.33. The number of benzene rings is 9. The number of para-hydroxylation sites is 1. The molecular formula is C52H33NOS. The first-order valence-corrected chi connectivity index (χ1v) is 19.5. The molecule has 2 aromatic heterocycles. The zero-order valence-corrected chi connectivity index (χ0v) is 30.6. The Hall–Kier alpha value is -6.94. The lowest BCUT2D eigenvalue weighted by Gasteiger charge is -2.26. The van der Waals surface area contributed by atoms with E-state index in [1.54, 1.807) is 0 Å². The number of hydrogen-bond donors (Lipinski definition) is 0. The molecule has 0 saturated heterocycles. The molecule has 0 amide bonds. The standard InChI is InChI=1S/C52H33NOS/c1-3-11-34(12-4-1)36-21-26-41(27-22-36)53(42-28-23-37(24-29-42)40-17-9-16-39(33-40)35-13-5-2-6-14-35)47-20-10-19-44-45-31-32-48-49(51(45)54-50(44)47)46-30-25-38-15-7-8-18-43(38)52(46)55-48/h1-33H. The largest absolute Gasteiger partial charge is 0.453 e. The van der Waals surface area contributed by atoms with Gasteiger partial charge in [-0.2, -0.15) is 0 Å². The summed E-state index contributed by atoms with van der Waals surface area (Å²) >= 11 is 1.85. The second-order valence-electron chi connectivity index (χ2n) is 14.1. The van der Waals surface area contributed by atoms with Gasteiger partial charge in [0.05, 0.1) is 5.69 Å². The van der Waals surface area contributed by atoms with Crippen molar-refractivity contribution in [2.24, 2.45) is 0 Å². The van der Waals surface area contributed by atoms with Gasteiger partial charge < -0.3 is 9.32 Å². The molecule has 258 valence electrons. The van der Waals surface area contributed by atoms with Crippen LogP contribution in [0.3, 0.4) is 0 Å². The van der Waals surface area contributed by atoms with Gasteiger partial charge in [0.1, 0.15) is 5.58 Å². The zero-order chi connectivity index (χ0) is 36.3. The number of furan rings is 1. The van der Waals surface area contributed by atoms with Crippen LogP contribution in [0.2, 0.25) is 0 Å². The number of thiophene rings is 1. The van der Waals surface area contributed by atoms with E-state index in [1.807, 2.05) is 11.3 Å². The van der Waals surface area contributed by atoms with Crippen LogP contribution in [-0.4, -0.2) is 0 Å². The second kappa shape index (κ2) is 12.9. The second-order valence-corrected chi connectivity index (χ2v) is 15.1. The monoisotopic (exact) mass is 719 g/mol. The molecule has 2 nitrogen and oxygen atoms in total. The Labute approximate surface area is 322 Å². The summed E-state index contributed by atoms with van der Waals surface area (Å²) in [5.74, 6) is 0. The summed E-state index contributed by atoms with van der Waals surface area (Å²) in [6.07, 6.45) is 0. The fraction of sp³-hybridized carbons (Fsp3) is 0. The van der Waals surface area contributed by atoms with Gasteiger partial charge in [-0.3, -0.25) is 0 Å². The van der Waals surface area contributed by atoms with Crippen LogP contribution in [0.5, 0.6) is 0 Å². The maximum atomic E-state index is 7.11. The van der Waals surface area contributed by atoms with Gasteiger partial charge in [-0.15, -0.1) is 11.3 Å². The van der Waals surface area contributed by atoms with Crippen molar-refractivity contribution in [1.29, 1.82) is 0 Å². The normalized spacial score (nSPS) is 11.6. The van der Waals surface area contributed by atoms with Crippen LogP contribution in [0.4, 0.5) is 17.1 Å². The predicted molar refractivity (Wildman–Crippen MR) is 235 cm³/mol. The summed E-state index contributed by atoms with van der Waals surface area (Å²) in [6.45, 7) is 0. The molecule has 11 aromatic rings. The molecule has 9 aromatic carbocycles. The summed E-state index contributed by atoms with van der Waals surface area (Å²) in [5, 5.41) is 7.21. The zero-order valence-electron chi connectivity index (χ0n) is 29.8. The summed E-state index contributed by atoms with van der Waals surface area (Å²) in [6, 6.07) is 71.9. The van der Waals surface area contributed by atoms with Gasteiger partial charge in [-0.05, 0) is 92.7 Å². The lowest BCUT2D eigenvalue weighted by atomic mass is 9.99. The molecule has 3 heteroatoms. The molecule has 0 fully saturated rings. The fourth-order valence-electron chi connectivity index (χ4n) is 8.18. The van der Waals surface area contributed by atoms with Gasteiger partial charge in [0, 0.05) is 42.3 Å². The molecule has 11 rings (SSSR count).